The average Bonchev–Trinajstić information content (AvgIpc) is 3.08. The summed E-state index contributed by atoms with van der Waals surface area (Å²) in [7, 11) is 3.39. The zero-order valence-corrected chi connectivity index (χ0v) is 13.5. The molecule has 23 heavy (non-hydrogen) atoms. The van der Waals surface area contributed by atoms with Gasteiger partial charge in [0, 0.05) is 6.04 Å². The Balaban J connectivity index is 1.91. The van der Waals surface area contributed by atoms with E-state index in [4.69, 9.17) is 4.74 Å². The fourth-order valence-corrected chi connectivity index (χ4v) is 3.22. The third-order valence-corrected chi connectivity index (χ3v) is 4.52. The molecule has 0 bridgehead atoms. The minimum Gasteiger partial charge on any atom is -0.465 e. The van der Waals surface area contributed by atoms with Crippen molar-refractivity contribution in [2.45, 2.75) is 38.3 Å². The lowest BCUT2D eigenvalue weighted by molar-refractivity contribution is 0.0601. The molecule has 1 fully saturated rings. The molecule has 1 saturated carbocycles. The molecule has 2 aromatic rings. The first-order chi connectivity index (χ1) is 11.1. The van der Waals surface area contributed by atoms with Crippen LogP contribution < -0.4 is 5.56 Å². The van der Waals surface area contributed by atoms with Crippen LogP contribution in [0.5, 0.6) is 0 Å². The molecule has 6 nitrogen and oxygen atoms in total. The van der Waals surface area contributed by atoms with E-state index < -0.39 is 5.97 Å². The van der Waals surface area contributed by atoms with Gasteiger partial charge in [0.05, 0.1) is 30.1 Å². The number of hydrogen-bond acceptors (Lipinski definition) is 5. The molecule has 0 amide bonds. The molecule has 6 heteroatoms. The van der Waals surface area contributed by atoms with E-state index in [0.29, 0.717) is 34.9 Å². The van der Waals surface area contributed by atoms with Crippen LogP contribution >= 0.6 is 0 Å². The summed E-state index contributed by atoms with van der Waals surface area (Å²) < 4.78 is 4.72. The molecule has 1 aromatic carbocycles. The summed E-state index contributed by atoms with van der Waals surface area (Å²) in [5.41, 5.74) is 0.737. The van der Waals surface area contributed by atoms with Crippen LogP contribution in [0, 0.1) is 0 Å². The second-order valence-electron chi connectivity index (χ2n) is 6.09. The van der Waals surface area contributed by atoms with Crippen LogP contribution in [0.3, 0.4) is 0 Å². The van der Waals surface area contributed by atoms with Crippen molar-refractivity contribution in [3.05, 3.63) is 39.9 Å². The van der Waals surface area contributed by atoms with Crippen LogP contribution in [-0.4, -0.2) is 41.0 Å². The molecule has 1 aliphatic carbocycles. The summed E-state index contributed by atoms with van der Waals surface area (Å²) >= 11 is 0. The lowest BCUT2D eigenvalue weighted by Crippen LogP contribution is -2.30. The summed E-state index contributed by atoms with van der Waals surface area (Å²) in [5, 5.41) is 0.477. The van der Waals surface area contributed by atoms with E-state index in [-0.39, 0.29) is 5.56 Å². The Morgan fingerprint density at radius 3 is 2.83 bits per heavy atom. The van der Waals surface area contributed by atoms with Crippen LogP contribution in [0.4, 0.5) is 0 Å². The molecule has 1 N–H and O–H groups in total. The quantitative estimate of drug-likeness (QED) is 0.874. The predicted octanol–water partition coefficient (Wildman–Crippen LogP) is 2.08. The number of ether oxygens (including phenoxy) is 1. The lowest BCUT2D eigenvalue weighted by Gasteiger charge is -2.23. The SMILES string of the molecule is COC(=O)c1ccc2c(=O)[nH]c(CN(C)C3CCCC3)nc2c1. The Kier molecular flexibility index (Phi) is 4.43. The van der Waals surface area contributed by atoms with Crippen LogP contribution in [-0.2, 0) is 11.3 Å². The number of carbonyl (C=O) groups excluding carboxylic acids is 1. The number of nitrogens with zero attached hydrogens (tertiary/aromatic N) is 2. The van der Waals surface area contributed by atoms with Gasteiger partial charge < -0.3 is 9.72 Å². The maximum Gasteiger partial charge on any atom is 0.337 e. The predicted molar refractivity (Wildman–Crippen MR) is 87.4 cm³/mol. The minimum atomic E-state index is -0.432. The number of hydrogen-bond donors (Lipinski definition) is 1. The van der Waals surface area contributed by atoms with E-state index in [2.05, 4.69) is 21.9 Å². The number of aromatic nitrogens is 2. The molecule has 1 heterocycles. The minimum absolute atomic E-state index is 0.179. The van der Waals surface area contributed by atoms with E-state index in [1.165, 1.54) is 32.8 Å². The molecule has 0 atom stereocenters. The van der Waals surface area contributed by atoms with Gasteiger partial charge in [-0.15, -0.1) is 0 Å². The molecule has 0 saturated heterocycles. The first kappa shape index (κ1) is 15.7. The molecule has 0 unspecified atom stereocenters. The molecule has 0 spiro atoms. The average molecular weight is 315 g/mol. The van der Waals surface area contributed by atoms with Gasteiger partial charge in [-0.25, -0.2) is 9.78 Å². The van der Waals surface area contributed by atoms with Crippen molar-refractivity contribution in [1.29, 1.82) is 0 Å². The topological polar surface area (TPSA) is 75.3 Å². The smallest absolute Gasteiger partial charge is 0.337 e. The van der Waals surface area contributed by atoms with Crippen molar-refractivity contribution in [2.75, 3.05) is 14.2 Å². The molecule has 0 radical (unpaired) electrons. The Morgan fingerprint density at radius 1 is 1.39 bits per heavy atom. The number of esters is 1. The Bertz CT molecular complexity index is 778. The number of nitrogens with one attached hydrogen (secondary N) is 1. The molecule has 0 aliphatic heterocycles. The van der Waals surface area contributed by atoms with Gasteiger partial charge in [0.25, 0.3) is 5.56 Å². The van der Waals surface area contributed by atoms with Gasteiger partial charge in [0.2, 0.25) is 0 Å². The van der Waals surface area contributed by atoms with Crippen molar-refractivity contribution >= 4 is 16.9 Å². The molecular formula is C17H21N3O3. The van der Waals surface area contributed by atoms with Gasteiger partial charge in [-0.3, -0.25) is 9.69 Å². The number of fused-ring (bicyclic) bond motifs is 1. The van der Waals surface area contributed by atoms with E-state index in [9.17, 15) is 9.59 Å². The van der Waals surface area contributed by atoms with Crippen LogP contribution in [0.15, 0.2) is 23.0 Å². The highest BCUT2D eigenvalue weighted by Crippen LogP contribution is 2.23. The summed E-state index contributed by atoms with van der Waals surface area (Å²) in [6.45, 7) is 0.596. The van der Waals surface area contributed by atoms with Crippen molar-refractivity contribution in [2.24, 2.45) is 0 Å². The van der Waals surface area contributed by atoms with Gasteiger partial charge in [0.1, 0.15) is 5.82 Å². The number of aromatic amines is 1. The molecule has 3 rings (SSSR count). The number of benzene rings is 1. The fraction of sp³-hybridized carbons (Fsp3) is 0.471. The zero-order valence-electron chi connectivity index (χ0n) is 13.5. The van der Waals surface area contributed by atoms with Crippen molar-refractivity contribution in [3.63, 3.8) is 0 Å². The Hall–Kier alpha value is -2.21. The van der Waals surface area contributed by atoms with Crippen LogP contribution in [0.25, 0.3) is 10.9 Å². The van der Waals surface area contributed by atoms with Crippen LogP contribution in [0.2, 0.25) is 0 Å². The third-order valence-electron chi connectivity index (χ3n) is 4.52. The van der Waals surface area contributed by atoms with Gasteiger partial charge in [0.15, 0.2) is 0 Å². The highest BCUT2D eigenvalue weighted by Gasteiger charge is 2.20. The molecule has 122 valence electrons. The monoisotopic (exact) mass is 315 g/mol. The number of H-pyrrole nitrogens is 1. The summed E-state index contributed by atoms with van der Waals surface area (Å²) in [6, 6.07) is 5.35. The first-order valence-corrected chi connectivity index (χ1v) is 7.90. The highest BCUT2D eigenvalue weighted by atomic mass is 16.5. The van der Waals surface area contributed by atoms with Gasteiger partial charge in [-0.2, -0.15) is 0 Å². The fourth-order valence-electron chi connectivity index (χ4n) is 3.22. The van der Waals surface area contributed by atoms with Crippen molar-refractivity contribution < 1.29 is 9.53 Å². The van der Waals surface area contributed by atoms with E-state index in [1.54, 1.807) is 18.2 Å². The van der Waals surface area contributed by atoms with E-state index in [0.717, 1.165) is 0 Å². The third kappa shape index (κ3) is 3.27. The second kappa shape index (κ2) is 6.50. The summed E-state index contributed by atoms with van der Waals surface area (Å²) in [5.74, 6) is 0.192. The maximum absolute atomic E-state index is 12.2. The van der Waals surface area contributed by atoms with Gasteiger partial charge in [-0.05, 0) is 38.1 Å². The lowest BCUT2D eigenvalue weighted by atomic mass is 10.1. The van der Waals surface area contributed by atoms with Crippen molar-refractivity contribution in [3.8, 4) is 0 Å². The van der Waals surface area contributed by atoms with Crippen molar-refractivity contribution in [1.82, 2.24) is 14.9 Å². The Morgan fingerprint density at radius 2 is 2.13 bits per heavy atom. The Labute approximate surface area is 134 Å². The normalized spacial score (nSPS) is 15.4. The second-order valence-corrected chi connectivity index (χ2v) is 6.09. The summed E-state index contributed by atoms with van der Waals surface area (Å²) in [6.07, 6.45) is 4.92. The van der Waals surface area contributed by atoms with E-state index >= 15 is 0 Å². The number of rotatable bonds is 4. The number of methoxy groups -OCH3 is 1. The molecular weight excluding hydrogens is 294 g/mol. The molecule has 1 aromatic heterocycles. The number of carbonyl (C=O) groups is 1. The first-order valence-electron chi connectivity index (χ1n) is 7.90. The maximum atomic E-state index is 12.2. The van der Waals surface area contributed by atoms with Crippen LogP contribution in [0.1, 0.15) is 41.9 Å². The van der Waals surface area contributed by atoms with Gasteiger partial charge in [-0.1, -0.05) is 12.8 Å². The molecule has 1 aliphatic rings. The largest absolute Gasteiger partial charge is 0.465 e. The highest BCUT2D eigenvalue weighted by molar-refractivity contribution is 5.93. The van der Waals surface area contributed by atoms with E-state index in [1.807, 2.05) is 0 Å². The standard InChI is InChI=1S/C17H21N3O3/c1-20(12-5-3-4-6-12)10-15-18-14-9-11(17(22)23-2)7-8-13(14)16(21)19-15/h7-9,12H,3-6,10H2,1-2H3,(H,18,19,21). The summed E-state index contributed by atoms with van der Waals surface area (Å²) in [4.78, 5) is 33.5. The zero-order chi connectivity index (χ0) is 16.4. The van der Waals surface area contributed by atoms with Gasteiger partial charge >= 0.3 is 5.97 Å².